The molecular formula is C14H19FN2O2. The second-order valence-corrected chi connectivity index (χ2v) is 4.71. The normalized spacial score (nSPS) is 14.7. The Morgan fingerprint density at radius 3 is 2.74 bits per heavy atom. The van der Waals surface area contributed by atoms with Crippen LogP contribution < -0.4 is 10.5 Å². The number of amides is 1. The van der Waals surface area contributed by atoms with Crippen LogP contribution in [0.3, 0.4) is 0 Å². The predicted octanol–water partition coefficient (Wildman–Crippen LogP) is 1.33. The first-order valence-corrected chi connectivity index (χ1v) is 6.59. The third-order valence-corrected chi connectivity index (χ3v) is 3.19. The summed E-state index contributed by atoms with van der Waals surface area (Å²) in [5, 5.41) is 0. The summed E-state index contributed by atoms with van der Waals surface area (Å²) >= 11 is 0. The maximum Gasteiger partial charge on any atom is 0.260 e. The first-order chi connectivity index (χ1) is 9.19. The Kier molecular flexibility index (Phi) is 4.74. The lowest BCUT2D eigenvalue weighted by molar-refractivity contribution is -0.132. The van der Waals surface area contributed by atoms with Crippen LogP contribution in [0.15, 0.2) is 18.2 Å². The number of benzene rings is 1. The lowest BCUT2D eigenvalue weighted by atomic mass is 10.1. The van der Waals surface area contributed by atoms with E-state index in [-0.39, 0.29) is 18.3 Å². The lowest BCUT2D eigenvalue weighted by Crippen LogP contribution is -2.32. The molecule has 0 saturated carbocycles. The molecule has 1 aromatic rings. The fourth-order valence-electron chi connectivity index (χ4n) is 2.22. The Balaban J connectivity index is 1.92. The summed E-state index contributed by atoms with van der Waals surface area (Å²) in [6, 6.07) is 4.45. The van der Waals surface area contributed by atoms with Gasteiger partial charge in [0.1, 0.15) is 11.6 Å². The van der Waals surface area contributed by atoms with Crippen LogP contribution in [0.4, 0.5) is 4.39 Å². The molecule has 19 heavy (non-hydrogen) atoms. The summed E-state index contributed by atoms with van der Waals surface area (Å²) in [5.74, 6) is -0.0206. The van der Waals surface area contributed by atoms with Gasteiger partial charge in [-0.25, -0.2) is 4.39 Å². The van der Waals surface area contributed by atoms with E-state index in [4.69, 9.17) is 10.5 Å². The topological polar surface area (TPSA) is 55.6 Å². The molecule has 2 N–H and O–H groups in total. The second-order valence-electron chi connectivity index (χ2n) is 4.71. The zero-order chi connectivity index (χ0) is 13.7. The van der Waals surface area contributed by atoms with Gasteiger partial charge < -0.3 is 15.4 Å². The van der Waals surface area contributed by atoms with Gasteiger partial charge >= 0.3 is 0 Å². The molecule has 1 aliphatic rings. The van der Waals surface area contributed by atoms with Crippen molar-refractivity contribution in [1.29, 1.82) is 0 Å². The Labute approximate surface area is 112 Å². The largest absolute Gasteiger partial charge is 0.484 e. The van der Waals surface area contributed by atoms with Crippen LogP contribution in [0.1, 0.15) is 18.4 Å². The minimum atomic E-state index is -0.366. The Morgan fingerprint density at radius 1 is 1.32 bits per heavy atom. The monoisotopic (exact) mass is 266 g/mol. The number of rotatable bonds is 5. The van der Waals surface area contributed by atoms with Gasteiger partial charge in [0.2, 0.25) is 0 Å². The Bertz CT molecular complexity index is 445. The number of hydrogen-bond acceptors (Lipinski definition) is 3. The molecule has 5 heteroatoms. The molecule has 1 saturated heterocycles. The third kappa shape index (κ3) is 3.92. The molecule has 0 radical (unpaired) electrons. The zero-order valence-corrected chi connectivity index (χ0v) is 10.9. The van der Waals surface area contributed by atoms with E-state index in [1.54, 1.807) is 11.0 Å². The van der Waals surface area contributed by atoms with Gasteiger partial charge in [0.25, 0.3) is 5.91 Å². The fraction of sp³-hybridized carbons (Fsp3) is 0.500. The van der Waals surface area contributed by atoms with Crippen LogP contribution in [-0.4, -0.2) is 37.0 Å². The number of nitrogens with zero attached hydrogens (tertiary/aromatic N) is 1. The zero-order valence-electron chi connectivity index (χ0n) is 10.9. The second kappa shape index (κ2) is 6.52. The Hall–Kier alpha value is -1.62. The van der Waals surface area contributed by atoms with E-state index in [0.29, 0.717) is 18.7 Å². The average molecular weight is 266 g/mol. The number of hydrogen-bond donors (Lipinski definition) is 1. The average Bonchev–Trinajstić information content (AvgIpc) is 2.89. The van der Waals surface area contributed by atoms with Gasteiger partial charge in [0.05, 0.1) is 0 Å². The minimum Gasteiger partial charge on any atom is -0.484 e. The number of halogens is 1. The van der Waals surface area contributed by atoms with Gasteiger partial charge in [-0.3, -0.25) is 4.79 Å². The molecule has 1 heterocycles. The van der Waals surface area contributed by atoms with Crippen molar-refractivity contribution < 1.29 is 13.9 Å². The first kappa shape index (κ1) is 13.8. The summed E-state index contributed by atoms with van der Waals surface area (Å²) in [5.41, 5.74) is 6.22. The molecule has 0 aromatic heterocycles. The molecular weight excluding hydrogens is 247 g/mol. The van der Waals surface area contributed by atoms with Gasteiger partial charge in [-0.05, 0) is 43.5 Å². The molecule has 4 nitrogen and oxygen atoms in total. The van der Waals surface area contributed by atoms with Crippen LogP contribution in [0.2, 0.25) is 0 Å². The minimum absolute atomic E-state index is 0.0362. The molecule has 0 unspecified atom stereocenters. The first-order valence-electron chi connectivity index (χ1n) is 6.59. The summed E-state index contributed by atoms with van der Waals surface area (Å²) in [4.78, 5) is 13.6. The molecule has 0 bridgehead atoms. The number of carbonyl (C=O) groups excluding carboxylic acids is 1. The molecule has 1 aromatic carbocycles. The maximum atomic E-state index is 13.4. The van der Waals surface area contributed by atoms with E-state index in [0.717, 1.165) is 31.5 Å². The molecule has 1 fully saturated rings. The van der Waals surface area contributed by atoms with Crippen molar-refractivity contribution in [2.24, 2.45) is 5.73 Å². The van der Waals surface area contributed by atoms with Crippen LogP contribution in [0.25, 0.3) is 0 Å². The third-order valence-electron chi connectivity index (χ3n) is 3.19. The van der Waals surface area contributed by atoms with Gasteiger partial charge in [-0.15, -0.1) is 0 Å². The van der Waals surface area contributed by atoms with Crippen molar-refractivity contribution >= 4 is 5.91 Å². The molecule has 0 aliphatic carbocycles. The van der Waals surface area contributed by atoms with Crippen LogP contribution in [0, 0.1) is 5.82 Å². The molecule has 1 amide bonds. The Morgan fingerprint density at radius 2 is 2.05 bits per heavy atom. The molecule has 2 rings (SSSR count). The summed E-state index contributed by atoms with van der Waals surface area (Å²) in [6.07, 6.45) is 2.69. The van der Waals surface area contributed by atoms with E-state index in [1.807, 2.05) is 0 Å². The van der Waals surface area contributed by atoms with Crippen LogP contribution >= 0.6 is 0 Å². The van der Waals surface area contributed by atoms with Crippen molar-refractivity contribution in [3.05, 3.63) is 29.6 Å². The van der Waals surface area contributed by atoms with Crippen molar-refractivity contribution in [3.8, 4) is 5.75 Å². The van der Waals surface area contributed by atoms with E-state index in [2.05, 4.69) is 0 Å². The fourth-order valence-corrected chi connectivity index (χ4v) is 2.22. The van der Waals surface area contributed by atoms with Crippen molar-refractivity contribution in [1.82, 2.24) is 4.90 Å². The standard InChI is InChI=1S/C14H19FN2O2/c15-12-7-11(3-4-16)8-13(9-12)19-10-14(18)17-5-1-2-6-17/h7-9H,1-6,10,16H2. The quantitative estimate of drug-likeness (QED) is 0.874. The van der Waals surface area contributed by atoms with Gasteiger partial charge in [-0.2, -0.15) is 0 Å². The van der Waals surface area contributed by atoms with Crippen molar-refractivity contribution in [2.75, 3.05) is 26.2 Å². The van der Waals surface area contributed by atoms with Crippen molar-refractivity contribution in [3.63, 3.8) is 0 Å². The summed E-state index contributed by atoms with van der Waals surface area (Å²) < 4.78 is 18.7. The van der Waals surface area contributed by atoms with Crippen LogP contribution in [-0.2, 0) is 11.2 Å². The highest BCUT2D eigenvalue weighted by Gasteiger charge is 2.18. The van der Waals surface area contributed by atoms with E-state index >= 15 is 0 Å². The smallest absolute Gasteiger partial charge is 0.260 e. The number of likely N-dealkylation sites (tertiary alicyclic amines) is 1. The summed E-state index contributed by atoms with van der Waals surface area (Å²) in [6.45, 7) is 2.01. The van der Waals surface area contributed by atoms with E-state index in [9.17, 15) is 9.18 Å². The molecule has 0 spiro atoms. The molecule has 104 valence electrons. The molecule has 1 aliphatic heterocycles. The maximum absolute atomic E-state index is 13.4. The van der Waals surface area contributed by atoms with Gasteiger partial charge in [-0.1, -0.05) is 0 Å². The predicted molar refractivity (Wildman–Crippen MR) is 70.5 cm³/mol. The number of carbonyl (C=O) groups is 1. The van der Waals surface area contributed by atoms with Crippen LogP contribution in [0.5, 0.6) is 5.75 Å². The highest BCUT2D eigenvalue weighted by molar-refractivity contribution is 5.78. The van der Waals surface area contributed by atoms with Gasteiger partial charge in [0, 0.05) is 19.2 Å². The van der Waals surface area contributed by atoms with Gasteiger partial charge in [0.15, 0.2) is 6.61 Å². The summed E-state index contributed by atoms with van der Waals surface area (Å²) in [7, 11) is 0. The SMILES string of the molecule is NCCc1cc(F)cc(OCC(=O)N2CCCC2)c1. The highest BCUT2D eigenvalue weighted by atomic mass is 19.1. The molecule has 0 atom stereocenters. The van der Waals surface area contributed by atoms with Crippen molar-refractivity contribution in [2.45, 2.75) is 19.3 Å². The van der Waals surface area contributed by atoms with E-state index in [1.165, 1.54) is 12.1 Å². The highest BCUT2D eigenvalue weighted by Crippen LogP contribution is 2.17. The van der Waals surface area contributed by atoms with E-state index < -0.39 is 0 Å². The number of ether oxygens (including phenoxy) is 1. The number of nitrogens with two attached hydrogens (primary N) is 1. The lowest BCUT2D eigenvalue weighted by Gasteiger charge is -2.15.